The molecule has 0 aliphatic carbocycles. The molecule has 112 valence electrons. The summed E-state index contributed by atoms with van der Waals surface area (Å²) < 4.78 is 26.2. The van der Waals surface area contributed by atoms with E-state index in [0.717, 1.165) is 19.2 Å². The van der Waals surface area contributed by atoms with Crippen LogP contribution in [0.25, 0.3) is 0 Å². The van der Waals surface area contributed by atoms with Gasteiger partial charge in [0.05, 0.1) is 5.38 Å². The van der Waals surface area contributed by atoms with Crippen LogP contribution in [0.1, 0.15) is 23.4 Å². The lowest BCUT2D eigenvalue weighted by Gasteiger charge is -2.23. The maximum absolute atomic E-state index is 13.3. The van der Waals surface area contributed by atoms with Gasteiger partial charge in [-0.2, -0.15) is 0 Å². The summed E-state index contributed by atoms with van der Waals surface area (Å²) in [6.07, 6.45) is 0. The first-order valence-corrected chi connectivity index (χ1v) is 7.39. The normalized spacial score (nSPS) is 12.6. The van der Waals surface area contributed by atoms with Crippen molar-refractivity contribution in [2.24, 2.45) is 0 Å². The van der Waals surface area contributed by atoms with Gasteiger partial charge in [0, 0.05) is 13.1 Å². The van der Waals surface area contributed by atoms with Crippen LogP contribution in [0.15, 0.2) is 48.5 Å². The van der Waals surface area contributed by atoms with Crippen molar-refractivity contribution in [3.05, 3.63) is 71.3 Å². The number of halogens is 3. The van der Waals surface area contributed by atoms with E-state index in [0.29, 0.717) is 12.1 Å². The summed E-state index contributed by atoms with van der Waals surface area (Å²) >= 11 is 6.34. The lowest BCUT2D eigenvalue weighted by atomic mass is 10.1. The third kappa shape index (κ3) is 4.51. The van der Waals surface area contributed by atoms with Crippen LogP contribution in [0, 0.1) is 11.6 Å². The second-order valence-electron chi connectivity index (χ2n) is 4.95. The van der Waals surface area contributed by atoms with Crippen molar-refractivity contribution in [2.45, 2.75) is 18.8 Å². The van der Waals surface area contributed by atoms with E-state index in [4.69, 9.17) is 11.6 Å². The average Bonchev–Trinajstić information content (AvgIpc) is 2.50. The third-order valence-electron chi connectivity index (χ3n) is 3.42. The zero-order chi connectivity index (χ0) is 15.2. The topological polar surface area (TPSA) is 3.24 Å². The highest BCUT2D eigenvalue weighted by atomic mass is 35.5. The second-order valence-corrected chi connectivity index (χ2v) is 5.48. The fraction of sp³-hybridized carbons (Fsp3) is 0.294. The van der Waals surface area contributed by atoms with Gasteiger partial charge >= 0.3 is 0 Å². The minimum atomic E-state index is -0.857. The third-order valence-corrected chi connectivity index (χ3v) is 3.81. The molecule has 1 unspecified atom stereocenters. The van der Waals surface area contributed by atoms with Crippen LogP contribution in [0.3, 0.4) is 0 Å². The molecule has 1 atom stereocenters. The Bertz CT molecular complexity index is 574. The molecule has 0 aliphatic heterocycles. The zero-order valence-corrected chi connectivity index (χ0v) is 12.7. The average molecular weight is 310 g/mol. The quantitative estimate of drug-likeness (QED) is 0.695. The number of likely N-dealkylation sites (N-methyl/N-ethyl adjacent to an activating group) is 1. The Morgan fingerprint density at radius 1 is 1.05 bits per heavy atom. The van der Waals surface area contributed by atoms with Crippen molar-refractivity contribution in [1.82, 2.24) is 4.90 Å². The van der Waals surface area contributed by atoms with E-state index in [1.165, 1.54) is 17.7 Å². The van der Waals surface area contributed by atoms with Crippen LogP contribution in [0.4, 0.5) is 8.78 Å². The van der Waals surface area contributed by atoms with Crippen LogP contribution in [-0.2, 0) is 6.54 Å². The summed E-state index contributed by atoms with van der Waals surface area (Å²) in [5.41, 5.74) is 1.80. The monoisotopic (exact) mass is 309 g/mol. The summed E-state index contributed by atoms with van der Waals surface area (Å²) in [5.74, 6) is -1.71. The van der Waals surface area contributed by atoms with Gasteiger partial charge in [0.2, 0.25) is 0 Å². The molecule has 0 aromatic heterocycles. The van der Waals surface area contributed by atoms with Gasteiger partial charge in [-0.15, -0.1) is 11.6 Å². The van der Waals surface area contributed by atoms with Crippen molar-refractivity contribution >= 4 is 11.6 Å². The molecule has 0 fully saturated rings. The largest absolute Gasteiger partial charge is 0.298 e. The fourth-order valence-electron chi connectivity index (χ4n) is 2.19. The molecule has 0 amide bonds. The van der Waals surface area contributed by atoms with Crippen molar-refractivity contribution in [3.8, 4) is 0 Å². The maximum Gasteiger partial charge on any atom is 0.159 e. The van der Waals surface area contributed by atoms with Crippen LogP contribution in [0.5, 0.6) is 0 Å². The molecule has 1 nitrogen and oxygen atoms in total. The SMILES string of the molecule is CCN(Cc1ccccc1)CC(Cl)c1ccc(F)c(F)c1. The zero-order valence-electron chi connectivity index (χ0n) is 11.9. The molecule has 0 radical (unpaired) electrons. The maximum atomic E-state index is 13.3. The van der Waals surface area contributed by atoms with E-state index in [9.17, 15) is 8.78 Å². The number of benzene rings is 2. The number of nitrogens with zero attached hydrogens (tertiary/aromatic N) is 1. The Morgan fingerprint density at radius 2 is 1.76 bits per heavy atom. The molecule has 0 heterocycles. The van der Waals surface area contributed by atoms with Crippen LogP contribution in [-0.4, -0.2) is 18.0 Å². The van der Waals surface area contributed by atoms with Crippen molar-refractivity contribution in [3.63, 3.8) is 0 Å². The van der Waals surface area contributed by atoms with Crippen LogP contribution < -0.4 is 0 Å². The van der Waals surface area contributed by atoms with E-state index in [1.807, 2.05) is 18.2 Å². The minimum absolute atomic E-state index is 0.372. The number of rotatable bonds is 6. The Balaban J connectivity index is 2.02. The molecular weight excluding hydrogens is 292 g/mol. The van der Waals surface area contributed by atoms with Gasteiger partial charge < -0.3 is 0 Å². The number of hydrogen-bond acceptors (Lipinski definition) is 1. The molecule has 0 bridgehead atoms. The molecule has 0 aliphatic rings. The Labute approximate surface area is 129 Å². The number of hydrogen-bond donors (Lipinski definition) is 0. The fourth-order valence-corrected chi connectivity index (χ4v) is 2.52. The Hall–Kier alpha value is -1.45. The summed E-state index contributed by atoms with van der Waals surface area (Å²) in [5, 5.41) is -0.372. The second kappa shape index (κ2) is 7.53. The molecule has 0 saturated heterocycles. The first-order valence-electron chi connectivity index (χ1n) is 6.95. The predicted molar refractivity (Wildman–Crippen MR) is 82.3 cm³/mol. The predicted octanol–water partition coefficient (Wildman–Crippen LogP) is 4.77. The molecule has 0 N–H and O–H groups in total. The molecule has 0 saturated carbocycles. The highest BCUT2D eigenvalue weighted by Gasteiger charge is 2.15. The van der Waals surface area contributed by atoms with E-state index in [-0.39, 0.29) is 5.38 Å². The first-order chi connectivity index (χ1) is 10.1. The first kappa shape index (κ1) is 15.9. The molecule has 21 heavy (non-hydrogen) atoms. The van der Waals surface area contributed by atoms with Crippen molar-refractivity contribution in [1.29, 1.82) is 0 Å². The van der Waals surface area contributed by atoms with E-state index in [2.05, 4.69) is 24.0 Å². The molecule has 2 aromatic carbocycles. The lowest BCUT2D eigenvalue weighted by molar-refractivity contribution is 0.280. The summed E-state index contributed by atoms with van der Waals surface area (Å²) in [4.78, 5) is 2.17. The van der Waals surface area contributed by atoms with Gasteiger partial charge in [0.1, 0.15) is 0 Å². The van der Waals surface area contributed by atoms with Gasteiger partial charge in [-0.05, 0) is 29.8 Å². The minimum Gasteiger partial charge on any atom is -0.298 e. The van der Waals surface area contributed by atoms with Crippen molar-refractivity contribution < 1.29 is 8.78 Å². The molecule has 0 spiro atoms. The van der Waals surface area contributed by atoms with Gasteiger partial charge in [-0.25, -0.2) is 8.78 Å². The number of alkyl halides is 1. The van der Waals surface area contributed by atoms with Gasteiger partial charge in [-0.1, -0.05) is 43.3 Å². The molecule has 2 rings (SSSR count). The van der Waals surface area contributed by atoms with Crippen LogP contribution in [0.2, 0.25) is 0 Å². The van der Waals surface area contributed by atoms with Gasteiger partial charge in [0.15, 0.2) is 11.6 Å². The highest BCUT2D eigenvalue weighted by Crippen LogP contribution is 2.24. The highest BCUT2D eigenvalue weighted by molar-refractivity contribution is 6.21. The smallest absolute Gasteiger partial charge is 0.159 e. The standard InChI is InChI=1S/C17H18ClF2N/c1-2-21(11-13-6-4-3-5-7-13)12-15(18)14-8-9-16(19)17(20)10-14/h3-10,15H,2,11-12H2,1H3. The summed E-state index contributed by atoms with van der Waals surface area (Å²) in [7, 11) is 0. The molecule has 2 aromatic rings. The molecule has 4 heteroatoms. The van der Waals surface area contributed by atoms with E-state index in [1.54, 1.807) is 0 Å². The summed E-state index contributed by atoms with van der Waals surface area (Å²) in [6.45, 7) is 4.25. The Morgan fingerprint density at radius 3 is 2.38 bits per heavy atom. The van der Waals surface area contributed by atoms with E-state index >= 15 is 0 Å². The van der Waals surface area contributed by atoms with Gasteiger partial charge in [-0.3, -0.25) is 4.90 Å². The lowest BCUT2D eigenvalue weighted by Crippen LogP contribution is -2.26. The summed E-state index contributed by atoms with van der Waals surface area (Å²) in [6, 6.07) is 13.9. The Kier molecular flexibility index (Phi) is 5.71. The van der Waals surface area contributed by atoms with Gasteiger partial charge in [0.25, 0.3) is 0 Å². The van der Waals surface area contributed by atoms with E-state index < -0.39 is 11.6 Å². The van der Waals surface area contributed by atoms with Crippen LogP contribution >= 0.6 is 11.6 Å². The molecular formula is C17H18ClF2N. The van der Waals surface area contributed by atoms with Crippen molar-refractivity contribution in [2.75, 3.05) is 13.1 Å².